The fourth-order valence-corrected chi connectivity index (χ4v) is 2.22. The van der Waals surface area contributed by atoms with E-state index in [1.165, 1.54) is 0 Å². The van der Waals surface area contributed by atoms with Gasteiger partial charge in [0.2, 0.25) is 5.91 Å². The SMILES string of the molecule is CCNC(=O)c1ccc(NC(=O)COc2ccc(CC(N)=O)cc2)cc1. The topological polar surface area (TPSA) is 111 Å². The summed E-state index contributed by atoms with van der Waals surface area (Å²) in [7, 11) is 0. The average molecular weight is 355 g/mol. The molecule has 26 heavy (non-hydrogen) atoms. The number of nitrogens with two attached hydrogens (primary N) is 1. The molecular formula is C19H21N3O4. The Bertz CT molecular complexity index is 770. The highest BCUT2D eigenvalue weighted by Crippen LogP contribution is 2.13. The summed E-state index contributed by atoms with van der Waals surface area (Å²) in [5.74, 6) is -0.373. The Balaban J connectivity index is 1.83. The largest absolute Gasteiger partial charge is 0.484 e. The van der Waals surface area contributed by atoms with Crippen molar-refractivity contribution in [3.63, 3.8) is 0 Å². The van der Waals surface area contributed by atoms with Crippen molar-refractivity contribution in [2.45, 2.75) is 13.3 Å². The molecule has 0 aliphatic carbocycles. The van der Waals surface area contributed by atoms with Crippen molar-refractivity contribution in [1.82, 2.24) is 5.32 Å². The van der Waals surface area contributed by atoms with Crippen molar-refractivity contribution in [3.8, 4) is 5.75 Å². The van der Waals surface area contributed by atoms with E-state index >= 15 is 0 Å². The van der Waals surface area contributed by atoms with Gasteiger partial charge in [-0.05, 0) is 48.9 Å². The number of ether oxygens (including phenoxy) is 1. The maximum absolute atomic E-state index is 11.9. The molecule has 0 aromatic heterocycles. The molecular weight excluding hydrogens is 334 g/mol. The monoisotopic (exact) mass is 355 g/mol. The van der Waals surface area contributed by atoms with Crippen molar-refractivity contribution in [3.05, 3.63) is 59.7 Å². The molecule has 7 nitrogen and oxygen atoms in total. The van der Waals surface area contributed by atoms with Gasteiger partial charge >= 0.3 is 0 Å². The molecule has 0 radical (unpaired) electrons. The van der Waals surface area contributed by atoms with E-state index in [2.05, 4.69) is 10.6 Å². The molecule has 0 spiro atoms. The Morgan fingerprint density at radius 2 is 1.65 bits per heavy atom. The third-order valence-electron chi connectivity index (χ3n) is 3.44. The van der Waals surface area contributed by atoms with E-state index in [1.54, 1.807) is 48.5 Å². The first-order valence-corrected chi connectivity index (χ1v) is 8.16. The predicted octanol–water partition coefficient (Wildman–Crippen LogP) is 1.48. The molecule has 4 N–H and O–H groups in total. The lowest BCUT2D eigenvalue weighted by molar-refractivity contribution is -0.118. The highest BCUT2D eigenvalue weighted by Gasteiger charge is 2.07. The lowest BCUT2D eigenvalue weighted by atomic mass is 10.1. The molecule has 7 heteroatoms. The summed E-state index contributed by atoms with van der Waals surface area (Å²) < 4.78 is 5.40. The van der Waals surface area contributed by atoms with Gasteiger partial charge in [-0.25, -0.2) is 0 Å². The Morgan fingerprint density at radius 1 is 1.00 bits per heavy atom. The van der Waals surface area contributed by atoms with Gasteiger partial charge in [-0.1, -0.05) is 12.1 Å². The molecule has 0 aliphatic rings. The Kier molecular flexibility index (Phi) is 6.73. The summed E-state index contributed by atoms with van der Waals surface area (Å²) in [6, 6.07) is 13.4. The molecule has 0 fully saturated rings. The van der Waals surface area contributed by atoms with Gasteiger partial charge in [-0.3, -0.25) is 14.4 Å². The van der Waals surface area contributed by atoms with Crippen LogP contribution in [-0.4, -0.2) is 30.9 Å². The number of amides is 3. The van der Waals surface area contributed by atoms with Crippen LogP contribution in [0, 0.1) is 0 Å². The van der Waals surface area contributed by atoms with E-state index in [9.17, 15) is 14.4 Å². The summed E-state index contributed by atoms with van der Waals surface area (Å²) in [5, 5.41) is 5.39. The zero-order valence-corrected chi connectivity index (χ0v) is 14.5. The number of carbonyl (C=O) groups is 3. The summed E-state index contributed by atoms with van der Waals surface area (Å²) in [5.41, 5.74) is 7.01. The highest BCUT2D eigenvalue weighted by molar-refractivity contribution is 5.96. The number of anilines is 1. The maximum atomic E-state index is 11.9. The van der Waals surface area contributed by atoms with Gasteiger partial charge in [0.1, 0.15) is 5.75 Å². The van der Waals surface area contributed by atoms with Crippen LogP contribution in [0.25, 0.3) is 0 Å². The molecule has 2 rings (SSSR count). The van der Waals surface area contributed by atoms with Crippen LogP contribution >= 0.6 is 0 Å². The Morgan fingerprint density at radius 3 is 2.23 bits per heavy atom. The van der Waals surface area contributed by atoms with Gasteiger partial charge in [0.25, 0.3) is 11.8 Å². The van der Waals surface area contributed by atoms with Crippen LogP contribution in [-0.2, 0) is 16.0 Å². The van der Waals surface area contributed by atoms with Crippen LogP contribution in [0.1, 0.15) is 22.8 Å². The molecule has 0 saturated carbocycles. The predicted molar refractivity (Wildman–Crippen MR) is 97.9 cm³/mol. The molecule has 0 unspecified atom stereocenters. The minimum atomic E-state index is -0.406. The van der Waals surface area contributed by atoms with Crippen LogP contribution in [0.15, 0.2) is 48.5 Å². The van der Waals surface area contributed by atoms with Crippen LogP contribution in [0.5, 0.6) is 5.75 Å². The fraction of sp³-hybridized carbons (Fsp3) is 0.211. The van der Waals surface area contributed by atoms with Gasteiger partial charge < -0.3 is 21.1 Å². The number of benzene rings is 2. The number of hydrogen-bond donors (Lipinski definition) is 3. The summed E-state index contributed by atoms with van der Waals surface area (Å²) >= 11 is 0. The second-order valence-corrected chi connectivity index (χ2v) is 5.56. The normalized spacial score (nSPS) is 10.0. The lowest BCUT2D eigenvalue weighted by Crippen LogP contribution is -2.23. The summed E-state index contributed by atoms with van der Waals surface area (Å²) in [4.78, 5) is 34.5. The van der Waals surface area contributed by atoms with E-state index in [0.29, 0.717) is 23.5 Å². The van der Waals surface area contributed by atoms with Gasteiger partial charge in [0.15, 0.2) is 6.61 Å². The zero-order chi connectivity index (χ0) is 18.9. The van der Waals surface area contributed by atoms with Crippen molar-refractivity contribution < 1.29 is 19.1 Å². The van der Waals surface area contributed by atoms with E-state index in [1.807, 2.05) is 6.92 Å². The van der Waals surface area contributed by atoms with Crippen molar-refractivity contribution in [1.29, 1.82) is 0 Å². The van der Waals surface area contributed by atoms with Crippen molar-refractivity contribution in [2.75, 3.05) is 18.5 Å². The first-order valence-electron chi connectivity index (χ1n) is 8.16. The Hall–Kier alpha value is -3.35. The van der Waals surface area contributed by atoms with E-state index < -0.39 is 5.91 Å². The second-order valence-electron chi connectivity index (χ2n) is 5.56. The van der Waals surface area contributed by atoms with E-state index in [0.717, 1.165) is 5.56 Å². The smallest absolute Gasteiger partial charge is 0.262 e. The third-order valence-corrected chi connectivity index (χ3v) is 3.44. The second kappa shape index (κ2) is 9.22. The maximum Gasteiger partial charge on any atom is 0.262 e. The molecule has 2 aromatic rings. The first kappa shape index (κ1) is 19.0. The highest BCUT2D eigenvalue weighted by atomic mass is 16.5. The van der Waals surface area contributed by atoms with Crippen LogP contribution < -0.4 is 21.1 Å². The molecule has 0 aliphatic heterocycles. The van der Waals surface area contributed by atoms with Gasteiger partial charge in [-0.15, -0.1) is 0 Å². The summed E-state index contributed by atoms with van der Waals surface area (Å²) in [6.07, 6.45) is 0.160. The van der Waals surface area contributed by atoms with Crippen LogP contribution in [0.2, 0.25) is 0 Å². The number of nitrogens with one attached hydrogen (secondary N) is 2. The number of rotatable bonds is 8. The van der Waals surface area contributed by atoms with Gasteiger partial charge in [0, 0.05) is 17.8 Å². The van der Waals surface area contributed by atoms with Crippen molar-refractivity contribution in [2.24, 2.45) is 5.73 Å². The Labute approximate surface area is 151 Å². The molecule has 0 atom stereocenters. The number of hydrogen-bond acceptors (Lipinski definition) is 4. The number of carbonyl (C=O) groups excluding carboxylic acids is 3. The average Bonchev–Trinajstić information content (AvgIpc) is 2.61. The molecule has 0 heterocycles. The summed E-state index contributed by atoms with van der Waals surface area (Å²) in [6.45, 7) is 2.24. The minimum Gasteiger partial charge on any atom is -0.484 e. The molecule has 2 aromatic carbocycles. The number of primary amides is 1. The third kappa shape index (κ3) is 5.94. The van der Waals surface area contributed by atoms with Gasteiger partial charge in [0.05, 0.1) is 6.42 Å². The van der Waals surface area contributed by atoms with Crippen LogP contribution in [0.4, 0.5) is 5.69 Å². The molecule has 136 valence electrons. The molecule has 0 saturated heterocycles. The molecule has 0 bridgehead atoms. The molecule has 3 amide bonds. The standard InChI is InChI=1S/C19H21N3O4/c1-2-21-19(25)14-5-7-15(8-6-14)22-18(24)12-26-16-9-3-13(4-10-16)11-17(20)23/h3-10H,2,11-12H2,1H3,(H2,20,23)(H,21,25)(H,22,24). The van der Waals surface area contributed by atoms with Crippen molar-refractivity contribution >= 4 is 23.4 Å². The lowest BCUT2D eigenvalue weighted by Gasteiger charge is -2.09. The van der Waals surface area contributed by atoms with E-state index in [4.69, 9.17) is 10.5 Å². The fourth-order valence-electron chi connectivity index (χ4n) is 2.22. The minimum absolute atomic E-state index is 0.159. The van der Waals surface area contributed by atoms with Gasteiger partial charge in [-0.2, -0.15) is 0 Å². The van der Waals surface area contributed by atoms with E-state index in [-0.39, 0.29) is 24.8 Å². The van der Waals surface area contributed by atoms with Crippen LogP contribution in [0.3, 0.4) is 0 Å². The quantitative estimate of drug-likeness (QED) is 0.666. The first-order chi connectivity index (χ1) is 12.5. The zero-order valence-electron chi connectivity index (χ0n) is 14.5.